The second kappa shape index (κ2) is 12.2. The molecule has 0 spiro atoms. The summed E-state index contributed by atoms with van der Waals surface area (Å²) in [5.41, 5.74) is 9.02. The highest BCUT2D eigenvalue weighted by Crippen LogP contribution is 2.38. The van der Waals surface area contributed by atoms with E-state index in [2.05, 4.69) is 102 Å². The largest absolute Gasteiger partial charge is 0.478 e. The van der Waals surface area contributed by atoms with Crippen molar-refractivity contribution in [2.45, 2.75) is 79.2 Å². The van der Waals surface area contributed by atoms with E-state index in [9.17, 15) is 9.90 Å². The van der Waals surface area contributed by atoms with Crippen molar-refractivity contribution in [1.82, 2.24) is 5.32 Å². The summed E-state index contributed by atoms with van der Waals surface area (Å²) in [5, 5.41) is 12.9. The molecule has 0 atom stereocenters. The third kappa shape index (κ3) is 7.48. The Kier molecular flexibility index (Phi) is 9.43. The molecular formula is C34H46N2O2. The molecule has 0 aliphatic carbocycles. The molecule has 4 heteroatoms. The van der Waals surface area contributed by atoms with Crippen LogP contribution in [-0.2, 0) is 11.8 Å². The average molecular weight is 515 g/mol. The topological polar surface area (TPSA) is 52.6 Å². The van der Waals surface area contributed by atoms with Crippen LogP contribution in [0.2, 0.25) is 0 Å². The molecule has 204 valence electrons. The second-order valence-corrected chi connectivity index (χ2v) is 12.2. The van der Waals surface area contributed by atoms with Crippen LogP contribution in [0, 0.1) is 0 Å². The van der Waals surface area contributed by atoms with Crippen LogP contribution in [0.25, 0.3) is 22.3 Å². The summed E-state index contributed by atoms with van der Waals surface area (Å²) in [6, 6.07) is 20.8. The molecule has 2 N–H and O–H groups in total. The van der Waals surface area contributed by atoms with Crippen molar-refractivity contribution in [3.63, 3.8) is 0 Å². The Bertz CT molecular complexity index is 1230. The van der Waals surface area contributed by atoms with E-state index in [1.807, 2.05) is 12.1 Å². The number of aryl methyl sites for hydroxylation is 1. The molecular weight excluding hydrogens is 468 g/mol. The molecule has 0 aromatic heterocycles. The van der Waals surface area contributed by atoms with Gasteiger partial charge >= 0.3 is 5.97 Å². The Morgan fingerprint density at radius 1 is 0.816 bits per heavy atom. The van der Waals surface area contributed by atoms with Gasteiger partial charge in [-0.15, -0.1) is 0 Å². The van der Waals surface area contributed by atoms with E-state index in [1.165, 1.54) is 27.9 Å². The van der Waals surface area contributed by atoms with Crippen LogP contribution in [-0.4, -0.2) is 36.2 Å². The number of aromatic carboxylic acids is 1. The zero-order valence-electron chi connectivity index (χ0n) is 24.6. The van der Waals surface area contributed by atoms with Gasteiger partial charge in [0.2, 0.25) is 0 Å². The molecule has 3 aromatic rings. The highest BCUT2D eigenvalue weighted by molar-refractivity contribution is 5.88. The molecule has 0 aliphatic heterocycles. The van der Waals surface area contributed by atoms with E-state index in [-0.39, 0.29) is 11.0 Å². The van der Waals surface area contributed by atoms with Gasteiger partial charge in [-0.3, -0.25) is 0 Å². The first kappa shape index (κ1) is 29.4. The number of hydrogen-bond acceptors (Lipinski definition) is 3. The molecule has 3 aromatic carbocycles. The normalized spacial score (nSPS) is 12.0. The quantitative estimate of drug-likeness (QED) is 0.268. The summed E-state index contributed by atoms with van der Waals surface area (Å²) >= 11 is 0. The Morgan fingerprint density at radius 2 is 1.42 bits per heavy atom. The lowest BCUT2D eigenvalue weighted by atomic mass is 9.82. The van der Waals surface area contributed by atoms with Gasteiger partial charge in [-0.05, 0) is 123 Å². The Labute approximate surface area is 230 Å². The molecule has 4 nitrogen and oxygen atoms in total. The molecule has 0 fully saturated rings. The zero-order valence-corrected chi connectivity index (χ0v) is 24.6. The number of carboxylic acid groups (broad SMARTS) is 1. The highest BCUT2D eigenvalue weighted by Gasteiger charge is 2.22. The SMILES string of the molecule is CCN(CC)c1ccc(-c2cc(-c3ccc(C(=O)O)cc3)ccc2CCCNC(C)(C)C)cc1C(C)(C)C. The number of nitrogens with zero attached hydrogens (tertiary/aromatic N) is 1. The summed E-state index contributed by atoms with van der Waals surface area (Å²) in [4.78, 5) is 13.8. The molecule has 0 aliphatic rings. The number of anilines is 1. The van der Waals surface area contributed by atoms with Gasteiger partial charge in [-0.25, -0.2) is 4.79 Å². The number of carbonyl (C=O) groups is 1. The fourth-order valence-electron chi connectivity index (χ4n) is 4.93. The number of carboxylic acids is 1. The maximum atomic E-state index is 11.3. The fraction of sp³-hybridized carbons (Fsp3) is 0.441. The number of nitrogens with one attached hydrogen (secondary N) is 1. The van der Waals surface area contributed by atoms with E-state index in [0.717, 1.165) is 43.6 Å². The predicted molar refractivity (Wildman–Crippen MR) is 163 cm³/mol. The fourth-order valence-corrected chi connectivity index (χ4v) is 4.93. The molecule has 0 unspecified atom stereocenters. The van der Waals surface area contributed by atoms with Gasteiger partial charge < -0.3 is 15.3 Å². The van der Waals surface area contributed by atoms with Crippen LogP contribution < -0.4 is 10.2 Å². The van der Waals surface area contributed by atoms with Crippen molar-refractivity contribution < 1.29 is 9.90 Å². The Morgan fingerprint density at radius 3 is 1.97 bits per heavy atom. The van der Waals surface area contributed by atoms with Gasteiger partial charge in [0.1, 0.15) is 0 Å². The summed E-state index contributed by atoms with van der Waals surface area (Å²) < 4.78 is 0. The van der Waals surface area contributed by atoms with E-state index < -0.39 is 5.97 Å². The highest BCUT2D eigenvalue weighted by atomic mass is 16.4. The minimum Gasteiger partial charge on any atom is -0.478 e. The van der Waals surface area contributed by atoms with Crippen LogP contribution in [0.3, 0.4) is 0 Å². The molecule has 0 saturated heterocycles. The molecule has 0 bridgehead atoms. The number of rotatable bonds is 10. The van der Waals surface area contributed by atoms with Crippen LogP contribution >= 0.6 is 0 Å². The summed E-state index contributed by atoms with van der Waals surface area (Å²) in [6.07, 6.45) is 2.04. The van der Waals surface area contributed by atoms with Crippen molar-refractivity contribution in [3.05, 3.63) is 77.4 Å². The molecule has 0 heterocycles. The minimum atomic E-state index is -0.903. The van der Waals surface area contributed by atoms with Crippen molar-refractivity contribution in [3.8, 4) is 22.3 Å². The Balaban J connectivity index is 2.09. The van der Waals surface area contributed by atoms with Gasteiger partial charge in [-0.1, -0.05) is 51.1 Å². The number of hydrogen-bond donors (Lipinski definition) is 2. The maximum absolute atomic E-state index is 11.3. The van der Waals surface area contributed by atoms with Crippen molar-refractivity contribution >= 4 is 11.7 Å². The molecule has 38 heavy (non-hydrogen) atoms. The van der Waals surface area contributed by atoms with Crippen molar-refractivity contribution in [2.24, 2.45) is 0 Å². The van der Waals surface area contributed by atoms with Gasteiger partial charge in [0.05, 0.1) is 5.56 Å². The first-order valence-corrected chi connectivity index (χ1v) is 14.0. The van der Waals surface area contributed by atoms with E-state index in [4.69, 9.17) is 0 Å². The van der Waals surface area contributed by atoms with Crippen molar-refractivity contribution in [2.75, 3.05) is 24.5 Å². The summed E-state index contributed by atoms with van der Waals surface area (Å²) in [6.45, 7) is 20.8. The lowest BCUT2D eigenvalue weighted by molar-refractivity contribution is 0.0697. The van der Waals surface area contributed by atoms with Gasteiger partial charge in [0.25, 0.3) is 0 Å². The molecule has 3 rings (SSSR count). The standard InChI is InChI=1S/C34H46N2O2/c1-9-36(10-2)31-20-19-28(23-30(31)33(3,4)5)29-22-27(24-13-16-26(17-14-24)32(37)38)18-15-25(29)12-11-21-35-34(6,7)8/h13-20,22-23,35H,9-12,21H2,1-8H3,(H,37,38). The van der Waals surface area contributed by atoms with E-state index in [0.29, 0.717) is 5.56 Å². The first-order valence-electron chi connectivity index (χ1n) is 14.0. The third-order valence-electron chi connectivity index (χ3n) is 7.07. The van der Waals surface area contributed by atoms with E-state index >= 15 is 0 Å². The van der Waals surface area contributed by atoms with Gasteiger partial charge in [-0.2, -0.15) is 0 Å². The minimum absolute atomic E-state index is 0.00893. The van der Waals surface area contributed by atoms with Crippen LogP contribution in [0.5, 0.6) is 0 Å². The smallest absolute Gasteiger partial charge is 0.335 e. The monoisotopic (exact) mass is 514 g/mol. The lowest BCUT2D eigenvalue weighted by Gasteiger charge is -2.31. The maximum Gasteiger partial charge on any atom is 0.335 e. The second-order valence-electron chi connectivity index (χ2n) is 12.2. The van der Waals surface area contributed by atoms with Crippen LogP contribution in [0.4, 0.5) is 5.69 Å². The van der Waals surface area contributed by atoms with Crippen LogP contribution in [0.1, 0.15) is 83.3 Å². The zero-order chi connectivity index (χ0) is 28.1. The van der Waals surface area contributed by atoms with Crippen LogP contribution in [0.15, 0.2) is 60.7 Å². The summed E-state index contributed by atoms with van der Waals surface area (Å²) in [5.74, 6) is -0.903. The average Bonchev–Trinajstić information content (AvgIpc) is 2.86. The van der Waals surface area contributed by atoms with Gasteiger partial charge in [0.15, 0.2) is 0 Å². The summed E-state index contributed by atoms with van der Waals surface area (Å²) in [7, 11) is 0. The number of benzene rings is 3. The van der Waals surface area contributed by atoms with Gasteiger partial charge in [0, 0.05) is 24.3 Å². The molecule has 0 amide bonds. The van der Waals surface area contributed by atoms with Crippen molar-refractivity contribution in [1.29, 1.82) is 0 Å². The molecule has 0 saturated carbocycles. The predicted octanol–water partition coefficient (Wildman–Crippen LogP) is 8.18. The molecule has 0 radical (unpaired) electrons. The third-order valence-corrected chi connectivity index (χ3v) is 7.07. The first-order chi connectivity index (χ1) is 17.8. The van der Waals surface area contributed by atoms with E-state index in [1.54, 1.807) is 12.1 Å². The lowest BCUT2D eigenvalue weighted by Crippen LogP contribution is -2.36. The Hall–Kier alpha value is -3.11.